The lowest BCUT2D eigenvalue weighted by atomic mass is 9.86. The number of nitrogens with zero attached hydrogens (tertiary/aromatic N) is 7. The van der Waals surface area contributed by atoms with Gasteiger partial charge in [-0.3, -0.25) is 19.4 Å². The van der Waals surface area contributed by atoms with Gasteiger partial charge in [0, 0.05) is 105 Å². The molecule has 4 amide bonds. The number of hydrogen-bond acceptors (Lipinski definition) is 16. The molecule has 22 nitrogen and oxygen atoms in total. The van der Waals surface area contributed by atoms with Crippen molar-refractivity contribution in [2.24, 2.45) is 4.99 Å². The van der Waals surface area contributed by atoms with Crippen LogP contribution in [-0.2, 0) is 49.2 Å². The molecule has 5 aliphatic heterocycles. The molecule has 0 aliphatic carbocycles. The molecule has 5 aromatic rings. The lowest BCUT2D eigenvalue weighted by Crippen LogP contribution is -2.51. The van der Waals surface area contributed by atoms with Crippen molar-refractivity contribution in [3.8, 4) is 17.1 Å². The third kappa shape index (κ3) is 10.5. The number of aliphatic imine (C=N–C) groups is 1. The predicted molar refractivity (Wildman–Crippen MR) is 272 cm³/mol. The minimum Gasteiger partial charge on any atom is -0.480 e. The smallest absolute Gasteiger partial charge is 0.415 e. The van der Waals surface area contributed by atoms with E-state index in [4.69, 9.17) is 19.2 Å². The van der Waals surface area contributed by atoms with Crippen LogP contribution < -0.4 is 31.1 Å². The third-order valence-electron chi connectivity index (χ3n) is 14.3. The zero-order valence-electron chi connectivity index (χ0n) is 41.2. The van der Waals surface area contributed by atoms with Crippen molar-refractivity contribution in [3.05, 3.63) is 117 Å². The Bertz CT molecular complexity index is 3180. The molecule has 75 heavy (non-hydrogen) atoms. The summed E-state index contributed by atoms with van der Waals surface area (Å²) in [4.78, 5) is 107. The number of pyridine rings is 2. The van der Waals surface area contributed by atoms with Crippen LogP contribution in [-0.4, -0.2) is 148 Å². The summed E-state index contributed by atoms with van der Waals surface area (Å²) in [7, 11) is 0. The number of benzene rings is 3. The molecule has 2 atom stereocenters. The number of aliphatic carboxylic acids is 1. The molecular weight excluding hydrogens is 969 g/mol. The fraction of sp³-hybridized carbons (Fsp3) is 0.377. The zero-order valence-corrected chi connectivity index (χ0v) is 41.2. The molecule has 2 fully saturated rings. The van der Waals surface area contributed by atoms with E-state index in [0.29, 0.717) is 59.6 Å². The number of guanidine groups is 1. The monoisotopic (exact) mass is 1020 g/mol. The van der Waals surface area contributed by atoms with Crippen LogP contribution in [0, 0.1) is 0 Å². The quantitative estimate of drug-likeness (QED) is 0.110. The van der Waals surface area contributed by atoms with E-state index in [1.54, 1.807) is 69.8 Å². The van der Waals surface area contributed by atoms with Gasteiger partial charge in [-0.2, -0.15) is 0 Å². The average Bonchev–Trinajstić information content (AvgIpc) is 3.81. The highest BCUT2D eigenvalue weighted by molar-refractivity contribution is 5.95. The van der Waals surface area contributed by atoms with Crippen molar-refractivity contribution in [1.29, 1.82) is 0 Å². The standard InChI is InChI=1S/C53H56N10O12/c1-2-53(72)40-28-43-45-35(29-63(43)47(66)39(40)31-73-49(53)69)25-34-26-38(11-12-41(34)57-45)75-52(71)62-23-21-61(22-24-62)46(65)33-9-7-32(8-10-33)30-74-51(70)58-42(48(67)68)13-14-44(64)60-19-17-59(18-20-60)37-6-3-5-36(27-37)56-50-54-15-4-16-55-50/h3,5-12,25-28,42,72H,2,4,13-24,29-31H2,1H3,(H,58,70)(H,67,68)(H2,54,55,56). The highest BCUT2D eigenvalue weighted by Gasteiger charge is 2.45. The van der Waals surface area contributed by atoms with Crippen LogP contribution in [0.2, 0.25) is 0 Å². The number of fused-ring (bicyclic) bond motifs is 5. The summed E-state index contributed by atoms with van der Waals surface area (Å²) < 4.78 is 17.8. The number of carboxylic acid groups (broad SMARTS) is 1. The summed E-state index contributed by atoms with van der Waals surface area (Å²) in [6, 6.07) is 21.6. The molecule has 390 valence electrons. The number of esters is 1. The van der Waals surface area contributed by atoms with Crippen LogP contribution in [0.5, 0.6) is 5.75 Å². The summed E-state index contributed by atoms with van der Waals surface area (Å²) in [5, 5.41) is 30.6. The number of ether oxygens (including phenoxy) is 3. The first-order chi connectivity index (χ1) is 36.2. The highest BCUT2D eigenvalue weighted by Crippen LogP contribution is 2.39. The highest BCUT2D eigenvalue weighted by atomic mass is 16.6. The Morgan fingerprint density at radius 3 is 2.39 bits per heavy atom. The number of aliphatic hydroxyl groups is 1. The van der Waals surface area contributed by atoms with Crippen LogP contribution in [0.1, 0.15) is 65.2 Å². The Kier molecular flexibility index (Phi) is 14.1. The number of carboxylic acids is 1. The summed E-state index contributed by atoms with van der Waals surface area (Å²) >= 11 is 0. The maximum Gasteiger partial charge on any atom is 0.415 e. The van der Waals surface area contributed by atoms with Crippen LogP contribution in [0.25, 0.3) is 22.3 Å². The third-order valence-corrected chi connectivity index (χ3v) is 14.3. The second-order valence-corrected chi connectivity index (χ2v) is 19.0. The minimum atomic E-state index is -1.93. The maximum absolute atomic E-state index is 13.5. The van der Waals surface area contributed by atoms with E-state index in [0.717, 1.165) is 42.4 Å². The van der Waals surface area contributed by atoms with Crippen LogP contribution >= 0.6 is 0 Å². The van der Waals surface area contributed by atoms with Crippen molar-refractivity contribution >= 4 is 64.2 Å². The van der Waals surface area contributed by atoms with Gasteiger partial charge in [0.15, 0.2) is 11.6 Å². The van der Waals surface area contributed by atoms with Crippen LogP contribution in [0.15, 0.2) is 88.6 Å². The number of alkyl carbamates (subject to hydrolysis) is 1. The van der Waals surface area contributed by atoms with E-state index in [-0.39, 0.29) is 99.5 Å². The molecule has 0 spiro atoms. The van der Waals surface area contributed by atoms with E-state index in [1.807, 2.05) is 30.3 Å². The number of piperazine rings is 2. The Morgan fingerprint density at radius 2 is 1.65 bits per heavy atom. The summed E-state index contributed by atoms with van der Waals surface area (Å²) in [5.74, 6) is -1.51. The van der Waals surface area contributed by atoms with Gasteiger partial charge < -0.3 is 64.5 Å². The topological polar surface area (TPSA) is 267 Å². The molecule has 2 saturated heterocycles. The van der Waals surface area contributed by atoms with Gasteiger partial charge in [-0.05, 0) is 85.5 Å². The molecular formula is C53H56N10O12. The van der Waals surface area contributed by atoms with Gasteiger partial charge in [-0.15, -0.1) is 0 Å². The lowest BCUT2D eigenvalue weighted by Gasteiger charge is -2.36. The first-order valence-corrected chi connectivity index (χ1v) is 25.0. The largest absolute Gasteiger partial charge is 0.480 e. The molecule has 2 aromatic heterocycles. The molecule has 0 radical (unpaired) electrons. The predicted octanol–water partition coefficient (Wildman–Crippen LogP) is 3.61. The first kappa shape index (κ1) is 50.0. The minimum absolute atomic E-state index is 0.0366. The molecule has 5 aliphatic rings. The van der Waals surface area contributed by atoms with Crippen molar-refractivity contribution in [3.63, 3.8) is 0 Å². The molecule has 22 heteroatoms. The first-order valence-electron chi connectivity index (χ1n) is 25.0. The second-order valence-electron chi connectivity index (χ2n) is 19.0. The number of carbonyl (C=O) groups is 6. The summed E-state index contributed by atoms with van der Waals surface area (Å²) in [5.41, 5.74) is 3.41. The van der Waals surface area contributed by atoms with Gasteiger partial charge in [-0.25, -0.2) is 24.2 Å². The number of carbonyl (C=O) groups excluding carboxylic acids is 5. The number of cyclic esters (lactones) is 1. The lowest BCUT2D eigenvalue weighted by molar-refractivity contribution is -0.172. The van der Waals surface area contributed by atoms with E-state index < -0.39 is 35.8 Å². The number of amides is 4. The zero-order chi connectivity index (χ0) is 52.4. The Labute approximate surface area is 429 Å². The SMILES string of the molecule is CCC1(O)C(=O)OCc2c1cc1n(c2=O)Cc2cc3cc(OC(=O)N4CCN(C(=O)c5ccc(COC(=O)NC(CCC(=O)N6CCN(c7cccc(NC8=NCCCN8)c7)CC6)C(=O)O)cc5)CC4)ccc3nc2-1. The molecule has 10 rings (SSSR count). The van der Waals surface area contributed by atoms with Crippen LogP contribution in [0.4, 0.5) is 21.0 Å². The number of aromatic nitrogens is 2. The molecule has 2 unspecified atom stereocenters. The fourth-order valence-electron chi connectivity index (χ4n) is 9.97. The number of nitrogens with one attached hydrogen (secondary N) is 3. The summed E-state index contributed by atoms with van der Waals surface area (Å²) in [6.45, 7) is 6.19. The average molecular weight is 1030 g/mol. The van der Waals surface area contributed by atoms with Crippen molar-refractivity contribution in [2.75, 3.05) is 75.7 Å². The van der Waals surface area contributed by atoms with Gasteiger partial charge in [0.05, 0.1) is 29.0 Å². The molecule has 0 bridgehead atoms. The van der Waals surface area contributed by atoms with E-state index in [9.17, 15) is 43.8 Å². The normalized spacial score (nSPS) is 18.4. The second kappa shape index (κ2) is 21.1. The van der Waals surface area contributed by atoms with E-state index >= 15 is 0 Å². The van der Waals surface area contributed by atoms with Gasteiger partial charge in [-0.1, -0.05) is 25.1 Å². The molecule has 0 saturated carbocycles. The van der Waals surface area contributed by atoms with Crippen molar-refractivity contribution in [1.82, 2.24) is 34.9 Å². The number of hydrogen-bond donors (Lipinski definition) is 5. The van der Waals surface area contributed by atoms with Gasteiger partial charge in [0.25, 0.3) is 11.5 Å². The molecule has 3 aromatic carbocycles. The van der Waals surface area contributed by atoms with Crippen molar-refractivity contribution in [2.45, 2.75) is 64.0 Å². The molecule has 7 heterocycles. The Balaban J connectivity index is 0.653. The van der Waals surface area contributed by atoms with E-state index in [1.165, 1.54) is 4.90 Å². The summed E-state index contributed by atoms with van der Waals surface area (Å²) in [6.07, 6.45) is -0.705. The number of rotatable bonds is 12. The maximum atomic E-state index is 13.5. The number of anilines is 2. The van der Waals surface area contributed by atoms with Crippen molar-refractivity contribution < 1.29 is 53.2 Å². The van der Waals surface area contributed by atoms with Gasteiger partial charge in [0.2, 0.25) is 5.91 Å². The van der Waals surface area contributed by atoms with E-state index in [2.05, 4.69) is 25.8 Å². The fourth-order valence-corrected chi connectivity index (χ4v) is 9.97. The van der Waals surface area contributed by atoms with Gasteiger partial charge >= 0.3 is 24.1 Å². The molecule has 5 N–H and O–H groups in total. The Morgan fingerprint density at radius 1 is 0.893 bits per heavy atom. The van der Waals surface area contributed by atoms with Crippen LogP contribution in [0.3, 0.4) is 0 Å². The van der Waals surface area contributed by atoms with Gasteiger partial charge in [0.1, 0.15) is 25.0 Å². The Hall–Kier alpha value is -8.53.